The summed E-state index contributed by atoms with van der Waals surface area (Å²) >= 11 is 0. The molecule has 0 amide bonds. The smallest absolute Gasteiger partial charge is 0.293 e. The van der Waals surface area contributed by atoms with Crippen molar-refractivity contribution in [2.45, 2.75) is 45.1 Å². The molecule has 0 spiro atoms. The maximum atomic E-state index is 12.5. The van der Waals surface area contributed by atoms with Gasteiger partial charge < -0.3 is 10.1 Å². The molecule has 0 aliphatic carbocycles. The molecule has 0 saturated carbocycles. The van der Waals surface area contributed by atoms with Crippen LogP contribution in [0.25, 0.3) is 0 Å². The van der Waals surface area contributed by atoms with E-state index >= 15 is 0 Å². The second-order valence-electron chi connectivity index (χ2n) is 5.73. The van der Waals surface area contributed by atoms with Crippen molar-refractivity contribution in [2.24, 2.45) is 0 Å². The number of anilines is 1. The van der Waals surface area contributed by atoms with Crippen molar-refractivity contribution in [3.8, 4) is 0 Å². The topological polar surface area (TPSA) is 102 Å². The standard InChI is InChI=1S/C16H27N3O5S/c1-5-18(6-2)25(22,23)14-8-9-15(16(12-14)19(20)21)17-10-7-11-24-13(3)4/h8-9,12-13,17H,5-7,10-11H2,1-4H3. The van der Waals surface area contributed by atoms with E-state index in [9.17, 15) is 18.5 Å². The number of ether oxygens (including phenoxy) is 1. The third-order valence-corrected chi connectivity index (χ3v) is 5.64. The average Bonchev–Trinajstić information content (AvgIpc) is 2.54. The van der Waals surface area contributed by atoms with Gasteiger partial charge in [0, 0.05) is 32.3 Å². The highest BCUT2D eigenvalue weighted by Gasteiger charge is 2.25. The molecule has 8 nitrogen and oxygen atoms in total. The van der Waals surface area contributed by atoms with E-state index in [1.807, 2.05) is 13.8 Å². The number of hydrogen-bond donors (Lipinski definition) is 1. The monoisotopic (exact) mass is 373 g/mol. The van der Waals surface area contributed by atoms with E-state index in [1.54, 1.807) is 13.8 Å². The highest BCUT2D eigenvalue weighted by Crippen LogP contribution is 2.29. The molecule has 0 aliphatic rings. The van der Waals surface area contributed by atoms with Crippen LogP contribution in [0.4, 0.5) is 11.4 Å². The van der Waals surface area contributed by atoms with Crippen molar-refractivity contribution in [1.29, 1.82) is 0 Å². The Labute approximate surface area is 149 Å². The van der Waals surface area contributed by atoms with Gasteiger partial charge in [0.25, 0.3) is 5.69 Å². The van der Waals surface area contributed by atoms with Crippen molar-refractivity contribution in [1.82, 2.24) is 4.31 Å². The predicted molar refractivity (Wildman–Crippen MR) is 97.4 cm³/mol. The van der Waals surface area contributed by atoms with Gasteiger partial charge in [-0.15, -0.1) is 0 Å². The van der Waals surface area contributed by atoms with Crippen molar-refractivity contribution in [3.05, 3.63) is 28.3 Å². The zero-order valence-corrected chi connectivity index (χ0v) is 16.0. The quantitative estimate of drug-likeness (QED) is 0.363. The number of nitro benzene ring substituents is 1. The molecule has 0 fully saturated rings. The first-order chi connectivity index (χ1) is 11.7. The second kappa shape index (κ2) is 9.69. The molecule has 142 valence electrons. The molecule has 0 aliphatic heterocycles. The summed E-state index contributed by atoms with van der Waals surface area (Å²) in [5.74, 6) is 0. The molecule has 1 aromatic rings. The van der Waals surface area contributed by atoms with E-state index in [4.69, 9.17) is 4.74 Å². The third-order valence-electron chi connectivity index (χ3n) is 3.60. The van der Waals surface area contributed by atoms with Crippen LogP contribution in [-0.2, 0) is 14.8 Å². The molecule has 0 aromatic heterocycles. The Hall–Kier alpha value is -1.71. The lowest BCUT2D eigenvalue weighted by Crippen LogP contribution is -2.30. The van der Waals surface area contributed by atoms with Crippen LogP contribution < -0.4 is 5.32 Å². The number of hydrogen-bond acceptors (Lipinski definition) is 6. The Kier molecular flexibility index (Phi) is 8.27. The third kappa shape index (κ3) is 5.94. The summed E-state index contributed by atoms with van der Waals surface area (Å²) < 4.78 is 31.7. The molecule has 0 unspecified atom stereocenters. The zero-order chi connectivity index (χ0) is 19.0. The summed E-state index contributed by atoms with van der Waals surface area (Å²) in [6.45, 7) is 8.99. The highest BCUT2D eigenvalue weighted by molar-refractivity contribution is 7.89. The van der Waals surface area contributed by atoms with E-state index in [0.29, 0.717) is 38.3 Å². The van der Waals surface area contributed by atoms with Gasteiger partial charge in [0.2, 0.25) is 10.0 Å². The van der Waals surface area contributed by atoms with Crippen molar-refractivity contribution < 1.29 is 18.1 Å². The van der Waals surface area contributed by atoms with Crippen LogP contribution in [-0.4, -0.2) is 50.0 Å². The molecule has 25 heavy (non-hydrogen) atoms. The summed E-state index contributed by atoms with van der Waals surface area (Å²) in [4.78, 5) is 10.7. The summed E-state index contributed by atoms with van der Waals surface area (Å²) in [6, 6.07) is 3.95. The Morgan fingerprint density at radius 3 is 2.44 bits per heavy atom. The van der Waals surface area contributed by atoms with Gasteiger partial charge in [0.1, 0.15) is 5.69 Å². The van der Waals surface area contributed by atoms with Crippen LogP contribution in [0.2, 0.25) is 0 Å². The number of nitro groups is 1. The molecule has 0 saturated heterocycles. The van der Waals surface area contributed by atoms with Gasteiger partial charge in [-0.1, -0.05) is 13.8 Å². The fraction of sp³-hybridized carbons (Fsp3) is 0.625. The molecule has 1 rings (SSSR count). The fourth-order valence-electron chi connectivity index (χ4n) is 2.30. The van der Waals surface area contributed by atoms with Gasteiger partial charge in [-0.05, 0) is 32.4 Å². The normalized spacial score (nSPS) is 11.9. The van der Waals surface area contributed by atoms with Gasteiger partial charge in [0.15, 0.2) is 0 Å². The molecule has 0 bridgehead atoms. The summed E-state index contributed by atoms with van der Waals surface area (Å²) in [7, 11) is -3.73. The van der Waals surface area contributed by atoms with Crippen molar-refractivity contribution in [3.63, 3.8) is 0 Å². The largest absolute Gasteiger partial charge is 0.379 e. The van der Waals surface area contributed by atoms with E-state index < -0.39 is 14.9 Å². The predicted octanol–water partition coefficient (Wildman–Crippen LogP) is 2.85. The van der Waals surface area contributed by atoms with Gasteiger partial charge in [-0.2, -0.15) is 4.31 Å². The Balaban J connectivity index is 2.95. The van der Waals surface area contributed by atoms with Gasteiger partial charge in [-0.25, -0.2) is 8.42 Å². The Morgan fingerprint density at radius 1 is 1.28 bits per heavy atom. The van der Waals surface area contributed by atoms with Crippen LogP contribution in [0.5, 0.6) is 0 Å². The molecule has 0 radical (unpaired) electrons. The summed E-state index contributed by atoms with van der Waals surface area (Å²) in [6.07, 6.45) is 0.827. The lowest BCUT2D eigenvalue weighted by Gasteiger charge is -2.18. The number of benzene rings is 1. The maximum Gasteiger partial charge on any atom is 0.293 e. The highest BCUT2D eigenvalue weighted by atomic mass is 32.2. The van der Waals surface area contributed by atoms with Crippen LogP contribution in [0, 0.1) is 10.1 Å². The molecule has 1 N–H and O–H groups in total. The minimum atomic E-state index is -3.73. The van der Waals surface area contributed by atoms with E-state index in [2.05, 4.69) is 5.32 Å². The number of sulfonamides is 1. The average molecular weight is 373 g/mol. The Morgan fingerprint density at radius 2 is 1.92 bits per heavy atom. The SMILES string of the molecule is CCN(CC)S(=O)(=O)c1ccc(NCCCOC(C)C)c([N+](=O)[O-])c1. The first-order valence-electron chi connectivity index (χ1n) is 8.38. The molecule has 9 heteroatoms. The first-order valence-corrected chi connectivity index (χ1v) is 9.82. The Bertz CT molecular complexity index is 672. The van der Waals surface area contributed by atoms with E-state index in [-0.39, 0.29) is 16.7 Å². The molecular weight excluding hydrogens is 346 g/mol. The van der Waals surface area contributed by atoms with Gasteiger partial charge in [0.05, 0.1) is 15.9 Å². The molecule has 0 atom stereocenters. The van der Waals surface area contributed by atoms with Crippen molar-refractivity contribution >= 4 is 21.4 Å². The van der Waals surface area contributed by atoms with Crippen LogP contribution in [0.3, 0.4) is 0 Å². The molecule has 0 heterocycles. The number of nitrogens with one attached hydrogen (secondary N) is 1. The number of rotatable bonds is 11. The van der Waals surface area contributed by atoms with Gasteiger partial charge in [-0.3, -0.25) is 10.1 Å². The molecule has 1 aromatic carbocycles. The summed E-state index contributed by atoms with van der Waals surface area (Å²) in [5, 5.41) is 14.3. The van der Waals surface area contributed by atoms with Crippen LogP contribution in [0.1, 0.15) is 34.1 Å². The second-order valence-corrected chi connectivity index (χ2v) is 7.66. The van der Waals surface area contributed by atoms with Crippen molar-refractivity contribution in [2.75, 3.05) is 31.6 Å². The zero-order valence-electron chi connectivity index (χ0n) is 15.2. The minimum absolute atomic E-state index is 0.0726. The van der Waals surface area contributed by atoms with E-state index in [0.717, 1.165) is 6.07 Å². The van der Waals surface area contributed by atoms with Crippen LogP contribution in [0.15, 0.2) is 23.1 Å². The maximum absolute atomic E-state index is 12.5. The number of nitrogens with zero attached hydrogens (tertiary/aromatic N) is 2. The summed E-state index contributed by atoms with van der Waals surface area (Å²) in [5.41, 5.74) is 0.0473. The van der Waals surface area contributed by atoms with Crippen LogP contribution >= 0.6 is 0 Å². The lowest BCUT2D eigenvalue weighted by molar-refractivity contribution is -0.384. The first kappa shape index (κ1) is 21.3. The lowest BCUT2D eigenvalue weighted by atomic mass is 10.2. The van der Waals surface area contributed by atoms with Gasteiger partial charge >= 0.3 is 0 Å². The fourth-order valence-corrected chi connectivity index (χ4v) is 3.78. The minimum Gasteiger partial charge on any atom is -0.379 e. The van der Waals surface area contributed by atoms with E-state index in [1.165, 1.54) is 16.4 Å². The molecular formula is C16H27N3O5S.